The molecule has 2 saturated heterocycles. The van der Waals surface area contributed by atoms with Gasteiger partial charge in [-0.3, -0.25) is 14.4 Å². The fourth-order valence-electron chi connectivity index (χ4n) is 2.53. The molecule has 0 aromatic heterocycles. The van der Waals surface area contributed by atoms with E-state index < -0.39 is 12.0 Å². The minimum atomic E-state index is -1.08. The minimum Gasteiger partial charge on any atom is -0.481 e. The molecule has 0 aromatic rings. The molecule has 106 valence electrons. The van der Waals surface area contributed by atoms with E-state index >= 15 is 0 Å². The Labute approximate surface area is 110 Å². The fourth-order valence-corrected chi connectivity index (χ4v) is 2.53. The third-order valence-electron chi connectivity index (χ3n) is 3.55. The van der Waals surface area contributed by atoms with Crippen LogP contribution in [0.1, 0.15) is 19.3 Å². The predicted octanol–water partition coefficient (Wildman–Crippen LogP) is -0.785. The maximum absolute atomic E-state index is 12.4. The van der Waals surface area contributed by atoms with Crippen LogP contribution in [0.15, 0.2) is 0 Å². The van der Waals surface area contributed by atoms with Crippen molar-refractivity contribution in [3.8, 4) is 0 Å². The predicted molar refractivity (Wildman–Crippen MR) is 64.3 cm³/mol. The van der Waals surface area contributed by atoms with Crippen molar-refractivity contribution in [3.05, 3.63) is 0 Å². The molecule has 0 saturated carbocycles. The van der Waals surface area contributed by atoms with Gasteiger partial charge < -0.3 is 20.1 Å². The van der Waals surface area contributed by atoms with Gasteiger partial charge in [0.05, 0.1) is 6.42 Å². The summed E-state index contributed by atoms with van der Waals surface area (Å²) < 4.78 is 5.21. The van der Waals surface area contributed by atoms with Gasteiger partial charge in [-0.2, -0.15) is 0 Å². The van der Waals surface area contributed by atoms with Crippen LogP contribution < -0.4 is 5.32 Å². The molecule has 0 aromatic carbocycles. The van der Waals surface area contributed by atoms with Gasteiger partial charge in [0.15, 0.2) is 0 Å². The molecule has 2 aliphatic rings. The Morgan fingerprint density at radius 2 is 2.05 bits per heavy atom. The Bertz CT molecular complexity index is 378. The summed E-state index contributed by atoms with van der Waals surface area (Å²) >= 11 is 0. The number of nitrogens with one attached hydrogen (secondary N) is 1. The number of rotatable bonds is 3. The van der Waals surface area contributed by atoms with Crippen LogP contribution in [-0.2, 0) is 19.1 Å². The second-order valence-corrected chi connectivity index (χ2v) is 4.82. The summed E-state index contributed by atoms with van der Waals surface area (Å²) in [5.41, 5.74) is 0. The second kappa shape index (κ2) is 6.01. The number of carboxylic acids is 1. The van der Waals surface area contributed by atoms with Crippen LogP contribution in [0.4, 0.5) is 0 Å². The van der Waals surface area contributed by atoms with Gasteiger partial charge in [-0.1, -0.05) is 0 Å². The minimum absolute atomic E-state index is 0.121. The Balaban J connectivity index is 2.07. The summed E-state index contributed by atoms with van der Waals surface area (Å²) in [6, 6.07) is -0.887. The Morgan fingerprint density at radius 3 is 2.68 bits per heavy atom. The Kier molecular flexibility index (Phi) is 4.36. The molecule has 0 bridgehead atoms. The first-order chi connectivity index (χ1) is 9.09. The first-order valence-corrected chi connectivity index (χ1v) is 6.47. The Hall–Kier alpha value is -1.63. The Morgan fingerprint density at radius 1 is 1.37 bits per heavy atom. The maximum atomic E-state index is 12.4. The first-order valence-electron chi connectivity index (χ1n) is 6.47. The maximum Gasteiger partial charge on any atom is 0.305 e. The van der Waals surface area contributed by atoms with E-state index in [0.29, 0.717) is 39.1 Å². The number of ether oxygens (including phenoxy) is 1. The number of nitrogens with zero attached hydrogens (tertiary/aromatic N) is 1. The van der Waals surface area contributed by atoms with Crippen molar-refractivity contribution in [2.24, 2.45) is 5.92 Å². The summed E-state index contributed by atoms with van der Waals surface area (Å²) in [4.78, 5) is 36.4. The average Bonchev–Trinajstić information content (AvgIpc) is 2.41. The second-order valence-electron chi connectivity index (χ2n) is 4.82. The van der Waals surface area contributed by atoms with E-state index in [4.69, 9.17) is 9.84 Å². The van der Waals surface area contributed by atoms with Crippen molar-refractivity contribution in [1.82, 2.24) is 10.2 Å². The van der Waals surface area contributed by atoms with Gasteiger partial charge in [0.1, 0.15) is 6.04 Å². The van der Waals surface area contributed by atoms with Gasteiger partial charge in [0, 0.05) is 32.2 Å². The van der Waals surface area contributed by atoms with Crippen molar-refractivity contribution in [2.75, 3.05) is 26.3 Å². The summed E-state index contributed by atoms with van der Waals surface area (Å²) in [5, 5.41) is 11.5. The molecule has 2 aliphatic heterocycles. The van der Waals surface area contributed by atoms with Gasteiger partial charge in [0.25, 0.3) is 0 Å². The number of aliphatic carboxylic acids is 1. The molecular formula is C12H18N2O5. The number of hydrogen-bond donors (Lipinski definition) is 2. The van der Waals surface area contributed by atoms with E-state index in [1.54, 1.807) is 0 Å². The zero-order valence-electron chi connectivity index (χ0n) is 10.6. The van der Waals surface area contributed by atoms with Crippen LogP contribution >= 0.6 is 0 Å². The molecule has 2 N–H and O–H groups in total. The SMILES string of the molecule is O=C(O)CC1C(=O)NCCN1C(=O)C1CCOCC1. The van der Waals surface area contributed by atoms with Crippen LogP contribution in [0.25, 0.3) is 0 Å². The number of carbonyl (C=O) groups excluding carboxylic acids is 2. The molecular weight excluding hydrogens is 252 g/mol. The summed E-state index contributed by atoms with van der Waals surface area (Å²) in [5.74, 6) is -1.73. The van der Waals surface area contributed by atoms with E-state index in [0.717, 1.165) is 0 Å². The standard InChI is InChI=1S/C12H18N2O5/c15-10(16)7-9-11(17)13-3-4-14(9)12(18)8-1-5-19-6-2-8/h8-9H,1-7H2,(H,13,17)(H,15,16). The molecule has 1 unspecified atom stereocenters. The van der Waals surface area contributed by atoms with E-state index in [-0.39, 0.29) is 24.2 Å². The van der Waals surface area contributed by atoms with E-state index in [2.05, 4.69) is 5.32 Å². The average molecular weight is 270 g/mol. The van der Waals surface area contributed by atoms with Crippen molar-refractivity contribution < 1.29 is 24.2 Å². The van der Waals surface area contributed by atoms with E-state index in [9.17, 15) is 14.4 Å². The summed E-state index contributed by atoms with van der Waals surface area (Å²) in [6.07, 6.45) is 0.925. The molecule has 7 nitrogen and oxygen atoms in total. The van der Waals surface area contributed by atoms with E-state index in [1.165, 1.54) is 4.90 Å². The molecule has 2 fully saturated rings. The highest BCUT2D eigenvalue weighted by molar-refractivity contribution is 5.92. The monoisotopic (exact) mass is 270 g/mol. The number of hydrogen-bond acceptors (Lipinski definition) is 4. The van der Waals surface area contributed by atoms with Crippen molar-refractivity contribution >= 4 is 17.8 Å². The number of carboxylic acid groups (broad SMARTS) is 1. The lowest BCUT2D eigenvalue weighted by atomic mass is 9.96. The lowest BCUT2D eigenvalue weighted by molar-refractivity contribution is -0.152. The van der Waals surface area contributed by atoms with Crippen molar-refractivity contribution in [1.29, 1.82) is 0 Å². The summed E-state index contributed by atoms with van der Waals surface area (Å²) in [6.45, 7) is 1.84. The van der Waals surface area contributed by atoms with E-state index in [1.807, 2.05) is 0 Å². The van der Waals surface area contributed by atoms with Gasteiger partial charge >= 0.3 is 5.97 Å². The van der Waals surface area contributed by atoms with Gasteiger partial charge in [0.2, 0.25) is 11.8 Å². The largest absolute Gasteiger partial charge is 0.481 e. The van der Waals surface area contributed by atoms with Gasteiger partial charge in [-0.05, 0) is 12.8 Å². The van der Waals surface area contributed by atoms with Crippen LogP contribution in [-0.4, -0.2) is 60.1 Å². The summed E-state index contributed by atoms with van der Waals surface area (Å²) in [7, 11) is 0. The van der Waals surface area contributed by atoms with Crippen molar-refractivity contribution in [3.63, 3.8) is 0 Å². The van der Waals surface area contributed by atoms with Crippen molar-refractivity contribution in [2.45, 2.75) is 25.3 Å². The lowest BCUT2D eigenvalue weighted by Crippen LogP contribution is -2.59. The molecule has 0 spiro atoms. The topological polar surface area (TPSA) is 95.9 Å². The third-order valence-corrected chi connectivity index (χ3v) is 3.55. The molecule has 0 aliphatic carbocycles. The molecule has 2 amide bonds. The zero-order chi connectivity index (χ0) is 13.8. The lowest BCUT2D eigenvalue weighted by Gasteiger charge is -2.37. The number of carbonyl (C=O) groups is 3. The van der Waals surface area contributed by atoms with Crippen LogP contribution in [0, 0.1) is 5.92 Å². The zero-order valence-corrected chi connectivity index (χ0v) is 10.6. The molecule has 19 heavy (non-hydrogen) atoms. The highest BCUT2D eigenvalue weighted by Gasteiger charge is 2.37. The molecule has 0 radical (unpaired) electrons. The molecule has 7 heteroatoms. The number of piperazine rings is 1. The van der Waals surface area contributed by atoms with Gasteiger partial charge in [-0.25, -0.2) is 0 Å². The molecule has 2 rings (SSSR count). The quantitative estimate of drug-likeness (QED) is 0.701. The highest BCUT2D eigenvalue weighted by atomic mass is 16.5. The molecule has 2 heterocycles. The third kappa shape index (κ3) is 3.23. The van der Waals surface area contributed by atoms with Crippen LogP contribution in [0.5, 0.6) is 0 Å². The highest BCUT2D eigenvalue weighted by Crippen LogP contribution is 2.21. The van der Waals surface area contributed by atoms with Crippen LogP contribution in [0.2, 0.25) is 0 Å². The van der Waals surface area contributed by atoms with Gasteiger partial charge in [-0.15, -0.1) is 0 Å². The fraction of sp³-hybridized carbons (Fsp3) is 0.750. The normalized spacial score (nSPS) is 24.9. The first kappa shape index (κ1) is 13.8. The number of amides is 2. The molecule has 1 atom stereocenters. The van der Waals surface area contributed by atoms with Crippen LogP contribution in [0.3, 0.4) is 0 Å². The smallest absolute Gasteiger partial charge is 0.305 e.